The third-order valence-corrected chi connectivity index (χ3v) is 3.74. The minimum atomic E-state index is -0.0643. The van der Waals surface area contributed by atoms with E-state index in [1.807, 2.05) is 42.5 Å². The molecule has 1 amide bonds. The topological polar surface area (TPSA) is 61.4 Å². The number of rotatable bonds is 8. The minimum absolute atomic E-state index is 0.0643. The number of carbonyl (C=O) groups excluding carboxylic acids is 1. The molecule has 0 radical (unpaired) electrons. The summed E-state index contributed by atoms with van der Waals surface area (Å²) < 4.78 is 0. The van der Waals surface area contributed by atoms with E-state index >= 15 is 0 Å². The van der Waals surface area contributed by atoms with Crippen molar-refractivity contribution in [3.63, 3.8) is 0 Å². The van der Waals surface area contributed by atoms with Gasteiger partial charge in [0.2, 0.25) is 5.91 Å². The van der Waals surface area contributed by atoms with Gasteiger partial charge in [0, 0.05) is 32.3 Å². The molecule has 4 nitrogen and oxygen atoms in total. The summed E-state index contributed by atoms with van der Waals surface area (Å²) in [5.74, 6) is 0.241. The first-order valence-corrected chi connectivity index (χ1v) is 7.92. The maximum absolute atomic E-state index is 11.0. The minimum Gasteiger partial charge on any atom is -0.396 e. The molecule has 23 heavy (non-hydrogen) atoms. The average Bonchev–Trinajstić information content (AvgIpc) is 2.56. The first-order chi connectivity index (χ1) is 11.2. The average molecular weight is 312 g/mol. The number of aliphatic hydroxyl groups excluding tert-OH is 1. The van der Waals surface area contributed by atoms with Gasteiger partial charge in [-0.3, -0.25) is 4.79 Å². The molecular weight excluding hydrogens is 288 g/mol. The lowest BCUT2D eigenvalue weighted by Gasteiger charge is -2.17. The van der Waals surface area contributed by atoms with Gasteiger partial charge in [0.15, 0.2) is 0 Å². The van der Waals surface area contributed by atoms with Crippen LogP contribution in [-0.2, 0) is 11.3 Å². The molecule has 2 aromatic carbocycles. The Balaban J connectivity index is 1.86. The van der Waals surface area contributed by atoms with Gasteiger partial charge in [0.05, 0.1) is 0 Å². The van der Waals surface area contributed by atoms with Crippen molar-refractivity contribution in [1.82, 2.24) is 5.32 Å². The molecule has 2 rings (SSSR count). The summed E-state index contributed by atoms with van der Waals surface area (Å²) in [5.41, 5.74) is 3.22. The second-order valence-electron chi connectivity index (χ2n) is 5.63. The fraction of sp³-hybridized carbons (Fsp3) is 0.316. The van der Waals surface area contributed by atoms with Crippen molar-refractivity contribution >= 4 is 11.6 Å². The molecule has 0 aliphatic carbocycles. The Bertz CT molecular complexity index is 597. The molecule has 0 aliphatic heterocycles. The van der Waals surface area contributed by atoms with Crippen molar-refractivity contribution < 1.29 is 9.90 Å². The predicted molar refractivity (Wildman–Crippen MR) is 93.3 cm³/mol. The van der Waals surface area contributed by atoms with E-state index in [9.17, 15) is 9.90 Å². The van der Waals surface area contributed by atoms with Crippen LogP contribution in [0.2, 0.25) is 0 Å². The number of hydrogen-bond donors (Lipinski definition) is 3. The number of aliphatic hydroxyl groups is 1. The number of amides is 1. The third kappa shape index (κ3) is 5.85. The van der Waals surface area contributed by atoms with Crippen LogP contribution in [0.5, 0.6) is 0 Å². The SMILES string of the molecule is CC(=O)Nc1ccc(CNCC(CCO)c2ccccc2)cc1. The number of benzene rings is 2. The van der Waals surface area contributed by atoms with E-state index in [0.717, 1.165) is 30.8 Å². The van der Waals surface area contributed by atoms with Gasteiger partial charge in [-0.2, -0.15) is 0 Å². The Morgan fingerprint density at radius 3 is 2.39 bits per heavy atom. The molecule has 2 aromatic rings. The van der Waals surface area contributed by atoms with Gasteiger partial charge in [0.25, 0.3) is 0 Å². The van der Waals surface area contributed by atoms with Crippen molar-refractivity contribution in [3.8, 4) is 0 Å². The summed E-state index contributed by atoms with van der Waals surface area (Å²) in [6, 6.07) is 18.1. The summed E-state index contributed by atoms with van der Waals surface area (Å²) in [4.78, 5) is 11.0. The quantitative estimate of drug-likeness (QED) is 0.702. The van der Waals surface area contributed by atoms with Crippen molar-refractivity contribution in [2.75, 3.05) is 18.5 Å². The summed E-state index contributed by atoms with van der Waals surface area (Å²) >= 11 is 0. The first kappa shape index (κ1) is 17.2. The van der Waals surface area contributed by atoms with E-state index in [4.69, 9.17) is 0 Å². The summed E-state index contributed by atoms with van der Waals surface area (Å²) in [6.45, 7) is 3.26. The molecule has 0 aliphatic rings. The Labute approximate surface area is 137 Å². The van der Waals surface area contributed by atoms with Crippen LogP contribution in [-0.4, -0.2) is 24.2 Å². The molecular formula is C19H24N2O2. The summed E-state index contributed by atoms with van der Waals surface area (Å²) in [5, 5.41) is 15.5. The lowest BCUT2D eigenvalue weighted by atomic mass is 9.96. The lowest BCUT2D eigenvalue weighted by molar-refractivity contribution is -0.114. The largest absolute Gasteiger partial charge is 0.396 e. The predicted octanol–water partition coefficient (Wildman–Crippen LogP) is 2.90. The normalized spacial score (nSPS) is 11.9. The monoisotopic (exact) mass is 312 g/mol. The number of anilines is 1. The highest BCUT2D eigenvalue weighted by Crippen LogP contribution is 2.18. The van der Waals surface area contributed by atoms with Crippen LogP contribution < -0.4 is 10.6 Å². The zero-order valence-corrected chi connectivity index (χ0v) is 13.5. The number of carbonyl (C=O) groups is 1. The third-order valence-electron chi connectivity index (χ3n) is 3.74. The van der Waals surface area contributed by atoms with Gasteiger partial charge in [-0.25, -0.2) is 0 Å². The van der Waals surface area contributed by atoms with Crippen molar-refractivity contribution in [2.24, 2.45) is 0 Å². The Morgan fingerprint density at radius 1 is 1.09 bits per heavy atom. The van der Waals surface area contributed by atoms with Gasteiger partial charge in [0.1, 0.15) is 0 Å². The highest BCUT2D eigenvalue weighted by Gasteiger charge is 2.10. The molecule has 0 bridgehead atoms. The molecule has 0 saturated carbocycles. The van der Waals surface area contributed by atoms with E-state index in [1.54, 1.807) is 0 Å². The second kappa shape index (κ2) is 9.08. The zero-order chi connectivity index (χ0) is 16.5. The summed E-state index contributed by atoms with van der Waals surface area (Å²) in [7, 11) is 0. The molecule has 0 heterocycles. The second-order valence-corrected chi connectivity index (χ2v) is 5.63. The Kier molecular flexibility index (Phi) is 6.78. The number of nitrogens with one attached hydrogen (secondary N) is 2. The standard InChI is InChI=1S/C19H24N2O2/c1-15(23)21-19-9-7-16(8-10-19)13-20-14-18(11-12-22)17-5-3-2-4-6-17/h2-10,18,20,22H,11-14H2,1H3,(H,21,23). The van der Waals surface area contributed by atoms with Crippen LogP contribution >= 0.6 is 0 Å². The van der Waals surface area contributed by atoms with E-state index in [-0.39, 0.29) is 12.5 Å². The molecule has 122 valence electrons. The molecule has 4 heteroatoms. The van der Waals surface area contributed by atoms with E-state index in [0.29, 0.717) is 5.92 Å². The highest BCUT2D eigenvalue weighted by molar-refractivity contribution is 5.88. The van der Waals surface area contributed by atoms with Crippen LogP contribution in [0.25, 0.3) is 0 Å². The molecule has 0 saturated heterocycles. The maximum atomic E-state index is 11.0. The molecule has 3 N–H and O–H groups in total. The number of hydrogen-bond acceptors (Lipinski definition) is 3. The van der Waals surface area contributed by atoms with Crippen LogP contribution in [0.4, 0.5) is 5.69 Å². The fourth-order valence-electron chi connectivity index (χ4n) is 2.57. The van der Waals surface area contributed by atoms with Crippen LogP contribution in [0, 0.1) is 0 Å². The molecule has 0 aromatic heterocycles. The van der Waals surface area contributed by atoms with Crippen LogP contribution in [0.1, 0.15) is 30.4 Å². The summed E-state index contributed by atoms with van der Waals surface area (Å²) in [6.07, 6.45) is 0.748. The Morgan fingerprint density at radius 2 is 1.78 bits per heavy atom. The molecule has 1 unspecified atom stereocenters. The lowest BCUT2D eigenvalue weighted by Crippen LogP contribution is -2.22. The van der Waals surface area contributed by atoms with E-state index in [1.165, 1.54) is 12.5 Å². The van der Waals surface area contributed by atoms with Crippen LogP contribution in [0.3, 0.4) is 0 Å². The Hall–Kier alpha value is -2.17. The molecule has 0 fully saturated rings. The van der Waals surface area contributed by atoms with Gasteiger partial charge in [-0.15, -0.1) is 0 Å². The van der Waals surface area contributed by atoms with Gasteiger partial charge in [-0.05, 0) is 35.6 Å². The van der Waals surface area contributed by atoms with Crippen LogP contribution in [0.15, 0.2) is 54.6 Å². The van der Waals surface area contributed by atoms with E-state index < -0.39 is 0 Å². The van der Waals surface area contributed by atoms with Crippen molar-refractivity contribution in [2.45, 2.75) is 25.8 Å². The highest BCUT2D eigenvalue weighted by atomic mass is 16.3. The fourth-order valence-corrected chi connectivity index (χ4v) is 2.57. The molecule has 1 atom stereocenters. The van der Waals surface area contributed by atoms with Crippen molar-refractivity contribution in [3.05, 3.63) is 65.7 Å². The molecule has 0 spiro atoms. The first-order valence-electron chi connectivity index (χ1n) is 7.92. The van der Waals surface area contributed by atoms with Crippen molar-refractivity contribution in [1.29, 1.82) is 0 Å². The maximum Gasteiger partial charge on any atom is 0.221 e. The van der Waals surface area contributed by atoms with E-state index in [2.05, 4.69) is 22.8 Å². The van der Waals surface area contributed by atoms with Gasteiger partial charge >= 0.3 is 0 Å². The van der Waals surface area contributed by atoms with Gasteiger partial charge in [-0.1, -0.05) is 42.5 Å². The zero-order valence-electron chi connectivity index (χ0n) is 13.5. The van der Waals surface area contributed by atoms with Gasteiger partial charge < -0.3 is 15.7 Å². The smallest absolute Gasteiger partial charge is 0.221 e.